The van der Waals surface area contributed by atoms with Gasteiger partial charge in [0.25, 0.3) is 0 Å². The zero-order valence-electron chi connectivity index (χ0n) is 6.04. The average molecular weight is 140 g/mol. The third kappa shape index (κ3) is 2.19. The minimum atomic E-state index is -0.219. The van der Waals surface area contributed by atoms with Gasteiger partial charge >= 0.3 is 0 Å². The molecule has 0 radical (unpaired) electrons. The molecule has 3 heteroatoms. The highest BCUT2D eigenvalue weighted by Crippen LogP contribution is 1.99. The van der Waals surface area contributed by atoms with Gasteiger partial charge in [0.1, 0.15) is 0 Å². The molecule has 0 spiro atoms. The highest BCUT2D eigenvalue weighted by molar-refractivity contribution is 4.97. The second-order valence-corrected chi connectivity index (χ2v) is 2.47. The number of hydrogen-bond donors (Lipinski definition) is 2. The predicted octanol–water partition coefficient (Wildman–Crippen LogP) is 0.723. The Kier molecular flexibility index (Phi) is 2.45. The van der Waals surface area contributed by atoms with E-state index in [2.05, 4.69) is 10.2 Å². The van der Waals surface area contributed by atoms with Crippen molar-refractivity contribution in [3.05, 3.63) is 18.0 Å². The molecule has 0 saturated heterocycles. The maximum atomic E-state index is 8.92. The van der Waals surface area contributed by atoms with E-state index in [4.69, 9.17) is 5.11 Å². The second kappa shape index (κ2) is 3.37. The fourth-order valence-electron chi connectivity index (χ4n) is 0.788. The molecule has 1 atom stereocenters. The van der Waals surface area contributed by atoms with E-state index >= 15 is 0 Å². The van der Waals surface area contributed by atoms with Gasteiger partial charge in [-0.05, 0) is 25.8 Å². The lowest BCUT2D eigenvalue weighted by atomic mass is 10.2. The topological polar surface area (TPSA) is 48.9 Å². The zero-order chi connectivity index (χ0) is 7.40. The normalized spacial score (nSPS) is 13.4. The molecule has 1 aromatic heterocycles. The Labute approximate surface area is 60.1 Å². The summed E-state index contributed by atoms with van der Waals surface area (Å²) in [4.78, 5) is 0. The van der Waals surface area contributed by atoms with Crippen LogP contribution in [0.15, 0.2) is 12.3 Å². The number of hydrogen-bond acceptors (Lipinski definition) is 2. The average Bonchev–Trinajstić information content (AvgIpc) is 2.34. The lowest BCUT2D eigenvalue weighted by Crippen LogP contribution is -2.01. The lowest BCUT2D eigenvalue weighted by Gasteiger charge is -1.99. The minimum Gasteiger partial charge on any atom is -0.393 e. The van der Waals surface area contributed by atoms with E-state index in [1.807, 2.05) is 6.07 Å². The first-order valence-corrected chi connectivity index (χ1v) is 3.45. The van der Waals surface area contributed by atoms with Crippen LogP contribution in [0.5, 0.6) is 0 Å². The van der Waals surface area contributed by atoms with Crippen LogP contribution in [0, 0.1) is 0 Å². The quantitative estimate of drug-likeness (QED) is 0.650. The zero-order valence-corrected chi connectivity index (χ0v) is 6.04. The van der Waals surface area contributed by atoms with E-state index in [1.165, 1.54) is 0 Å². The Morgan fingerprint density at radius 1 is 1.80 bits per heavy atom. The maximum Gasteiger partial charge on any atom is 0.0515 e. The number of aromatic amines is 1. The first kappa shape index (κ1) is 7.28. The van der Waals surface area contributed by atoms with Crippen molar-refractivity contribution in [3.63, 3.8) is 0 Å². The van der Waals surface area contributed by atoms with E-state index in [1.54, 1.807) is 13.1 Å². The molecule has 0 aliphatic heterocycles. The van der Waals surface area contributed by atoms with Gasteiger partial charge < -0.3 is 5.11 Å². The van der Waals surface area contributed by atoms with Gasteiger partial charge in [-0.1, -0.05) is 0 Å². The van der Waals surface area contributed by atoms with Crippen molar-refractivity contribution in [1.82, 2.24) is 10.2 Å². The molecule has 0 aliphatic rings. The summed E-state index contributed by atoms with van der Waals surface area (Å²) in [5.41, 5.74) is 1.08. The van der Waals surface area contributed by atoms with Crippen molar-refractivity contribution in [3.8, 4) is 0 Å². The van der Waals surface area contributed by atoms with E-state index < -0.39 is 0 Å². The van der Waals surface area contributed by atoms with Crippen LogP contribution in [0.2, 0.25) is 0 Å². The maximum absolute atomic E-state index is 8.92. The van der Waals surface area contributed by atoms with Crippen molar-refractivity contribution in [2.45, 2.75) is 25.9 Å². The molecule has 0 saturated carbocycles. The van der Waals surface area contributed by atoms with Gasteiger partial charge in [-0.15, -0.1) is 0 Å². The summed E-state index contributed by atoms with van der Waals surface area (Å²) in [7, 11) is 0. The van der Waals surface area contributed by atoms with Crippen molar-refractivity contribution >= 4 is 0 Å². The molecule has 0 amide bonds. The highest BCUT2D eigenvalue weighted by Gasteiger charge is 1.97. The summed E-state index contributed by atoms with van der Waals surface area (Å²) >= 11 is 0. The molecule has 1 aromatic rings. The second-order valence-electron chi connectivity index (χ2n) is 2.47. The first-order valence-electron chi connectivity index (χ1n) is 3.45. The van der Waals surface area contributed by atoms with Gasteiger partial charge in [-0.2, -0.15) is 5.10 Å². The Hall–Kier alpha value is -0.830. The van der Waals surface area contributed by atoms with Crippen LogP contribution in [0.3, 0.4) is 0 Å². The summed E-state index contributed by atoms with van der Waals surface area (Å²) in [6.07, 6.45) is 3.17. The van der Waals surface area contributed by atoms with Crippen molar-refractivity contribution in [2.75, 3.05) is 0 Å². The van der Waals surface area contributed by atoms with Crippen LogP contribution >= 0.6 is 0 Å². The lowest BCUT2D eigenvalue weighted by molar-refractivity contribution is 0.184. The summed E-state index contributed by atoms with van der Waals surface area (Å²) in [6, 6.07) is 1.92. The smallest absolute Gasteiger partial charge is 0.0515 e. The SMILES string of the molecule is CC(O)CCc1ccn[nH]1. The number of aromatic nitrogens is 2. The van der Waals surface area contributed by atoms with Gasteiger partial charge in [-0.25, -0.2) is 0 Å². The van der Waals surface area contributed by atoms with Crippen LogP contribution in [0.25, 0.3) is 0 Å². The number of rotatable bonds is 3. The van der Waals surface area contributed by atoms with Gasteiger partial charge in [0.2, 0.25) is 0 Å². The summed E-state index contributed by atoms with van der Waals surface area (Å²) in [5, 5.41) is 15.5. The molecule has 56 valence electrons. The third-order valence-corrected chi connectivity index (χ3v) is 1.39. The fourth-order valence-corrected chi connectivity index (χ4v) is 0.788. The van der Waals surface area contributed by atoms with Crippen LogP contribution in [-0.2, 0) is 6.42 Å². The van der Waals surface area contributed by atoms with Crippen LogP contribution in [-0.4, -0.2) is 21.4 Å². The molecule has 2 N–H and O–H groups in total. The Morgan fingerprint density at radius 3 is 3.10 bits per heavy atom. The van der Waals surface area contributed by atoms with E-state index in [-0.39, 0.29) is 6.10 Å². The highest BCUT2D eigenvalue weighted by atomic mass is 16.3. The van der Waals surface area contributed by atoms with E-state index in [0.29, 0.717) is 0 Å². The summed E-state index contributed by atoms with van der Waals surface area (Å²) in [6.45, 7) is 1.79. The summed E-state index contributed by atoms with van der Waals surface area (Å²) < 4.78 is 0. The number of nitrogens with one attached hydrogen (secondary N) is 1. The van der Waals surface area contributed by atoms with Crippen LogP contribution in [0.4, 0.5) is 0 Å². The van der Waals surface area contributed by atoms with Crippen LogP contribution < -0.4 is 0 Å². The van der Waals surface area contributed by atoms with Gasteiger partial charge in [0, 0.05) is 11.9 Å². The Bertz CT molecular complexity index is 170. The van der Waals surface area contributed by atoms with E-state index in [9.17, 15) is 0 Å². The van der Waals surface area contributed by atoms with Crippen molar-refractivity contribution < 1.29 is 5.11 Å². The molecule has 3 nitrogen and oxygen atoms in total. The monoisotopic (exact) mass is 140 g/mol. The van der Waals surface area contributed by atoms with Gasteiger partial charge in [-0.3, -0.25) is 5.10 Å². The summed E-state index contributed by atoms with van der Waals surface area (Å²) in [5.74, 6) is 0. The van der Waals surface area contributed by atoms with Crippen molar-refractivity contribution in [2.24, 2.45) is 0 Å². The van der Waals surface area contributed by atoms with Crippen molar-refractivity contribution in [1.29, 1.82) is 0 Å². The molecular weight excluding hydrogens is 128 g/mol. The number of H-pyrrole nitrogens is 1. The largest absolute Gasteiger partial charge is 0.393 e. The molecule has 1 heterocycles. The Morgan fingerprint density at radius 2 is 2.60 bits per heavy atom. The molecule has 0 aliphatic carbocycles. The number of aliphatic hydroxyl groups excluding tert-OH is 1. The minimum absolute atomic E-state index is 0.219. The molecule has 0 bridgehead atoms. The third-order valence-electron chi connectivity index (χ3n) is 1.39. The number of aryl methyl sites for hydroxylation is 1. The molecule has 1 unspecified atom stereocenters. The number of aliphatic hydroxyl groups is 1. The molecule has 10 heavy (non-hydrogen) atoms. The van der Waals surface area contributed by atoms with Crippen LogP contribution in [0.1, 0.15) is 19.0 Å². The van der Waals surface area contributed by atoms with E-state index in [0.717, 1.165) is 18.5 Å². The standard InChI is InChI=1S/C7H12N2O/c1-6(10)2-3-7-4-5-8-9-7/h4-6,10H,2-3H2,1H3,(H,8,9). The first-order chi connectivity index (χ1) is 4.79. The Balaban J connectivity index is 2.28. The van der Waals surface area contributed by atoms with Gasteiger partial charge in [0.15, 0.2) is 0 Å². The molecule has 0 fully saturated rings. The fraction of sp³-hybridized carbons (Fsp3) is 0.571. The van der Waals surface area contributed by atoms with Gasteiger partial charge in [0.05, 0.1) is 6.10 Å². The molecular formula is C7H12N2O. The number of nitrogens with zero attached hydrogens (tertiary/aromatic N) is 1. The molecule has 1 rings (SSSR count). The molecule has 0 aromatic carbocycles. The predicted molar refractivity (Wildman–Crippen MR) is 38.6 cm³/mol.